The summed E-state index contributed by atoms with van der Waals surface area (Å²) in [5, 5.41) is 21.5. The van der Waals surface area contributed by atoms with Crippen LogP contribution in [0.3, 0.4) is 0 Å². The van der Waals surface area contributed by atoms with E-state index in [1.54, 1.807) is 19.1 Å². The van der Waals surface area contributed by atoms with Gasteiger partial charge in [-0.15, -0.1) is 0 Å². The molecule has 2 unspecified atom stereocenters. The lowest BCUT2D eigenvalue weighted by atomic mass is 9.71. The molecule has 1 aromatic rings. The molecule has 0 aromatic heterocycles. The lowest BCUT2D eigenvalue weighted by Crippen LogP contribution is -2.52. The third-order valence-electron chi connectivity index (χ3n) is 4.33. The van der Waals surface area contributed by atoms with E-state index in [0.29, 0.717) is 12.8 Å². The Bertz CT molecular complexity index is 526. The average molecular weight is 291 g/mol. The number of aromatic hydroxyl groups is 1. The van der Waals surface area contributed by atoms with Crippen LogP contribution in [0, 0.1) is 5.41 Å². The van der Waals surface area contributed by atoms with Gasteiger partial charge in [-0.25, -0.2) is 0 Å². The fourth-order valence-electron chi connectivity index (χ4n) is 2.87. The first-order chi connectivity index (χ1) is 9.91. The number of carbonyl (C=O) groups excluding carboxylic acids is 1. The van der Waals surface area contributed by atoms with Crippen LogP contribution in [0.4, 0.5) is 0 Å². The number of rotatable bonds is 4. The first-order valence-corrected chi connectivity index (χ1v) is 7.22. The number of carboxylic acids is 1. The molecule has 5 nitrogen and oxygen atoms in total. The summed E-state index contributed by atoms with van der Waals surface area (Å²) in [6, 6.07) is 6.11. The summed E-state index contributed by atoms with van der Waals surface area (Å²) in [6.45, 7) is 1.71. The summed E-state index contributed by atoms with van der Waals surface area (Å²) in [7, 11) is 0. The van der Waals surface area contributed by atoms with Crippen molar-refractivity contribution in [1.82, 2.24) is 5.32 Å². The lowest BCUT2D eigenvalue weighted by molar-refractivity contribution is -0.152. The smallest absolute Gasteiger partial charge is 0.311 e. The van der Waals surface area contributed by atoms with Gasteiger partial charge in [0.15, 0.2) is 0 Å². The molecule has 0 bridgehead atoms. The molecule has 114 valence electrons. The number of nitrogens with one attached hydrogen (secondary N) is 1. The summed E-state index contributed by atoms with van der Waals surface area (Å²) in [6.07, 6.45) is 3.29. The van der Waals surface area contributed by atoms with Crippen LogP contribution < -0.4 is 5.32 Å². The van der Waals surface area contributed by atoms with Crippen LogP contribution in [-0.2, 0) is 16.0 Å². The van der Waals surface area contributed by atoms with Gasteiger partial charge in [0.25, 0.3) is 0 Å². The highest BCUT2D eigenvalue weighted by atomic mass is 16.4. The molecule has 0 aliphatic heterocycles. The number of phenolic OH excluding ortho intramolecular Hbond substituents is 1. The molecule has 0 radical (unpaired) electrons. The Labute approximate surface area is 124 Å². The van der Waals surface area contributed by atoms with E-state index < -0.39 is 11.4 Å². The van der Waals surface area contributed by atoms with Gasteiger partial charge in [0, 0.05) is 6.04 Å². The summed E-state index contributed by atoms with van der Waals surface area (Å²) >= 11 is 0. The number of amides is 1. The topological polar surface area (TPSA) is 86.6 Å². The van der Waals surface area contributed by atoms with Crippen molar-refractivity contribution in [2.45, 2.75) is 45.1 Å². The molecular formula is C16H21NO4. The largest absolute Gasteiger partial charge is 0.508 e. The zero-order valence-electron chi connectivity index (χ0n) is 12.1. The van der Waals surface area contributed by atoms with Crippen molar-refractivity contribution < 1.29 is 19.8 Å². The average Bonchev–Trinajstić information content (AvgIpc) is 2.44. The third kappa shape index (κ3) is 3.54. The van der Waals surface area contributed by atoms with Crippen LogP contribution in [0.2, 0.25) is 0 Å². The summed E-state index contributed by atoms with van der Waals surface area (Å²) in [5.41, 5.74) is -0.0961. The van der Waals surface area contributed by atoms with Crippen LogP contribution in [0.15, 0.2) is 24.3 Å². The van der Waals surface area contributed by atoms with Crippen molar-refractivity contribution >= 4 is 11.9 Å². The molecule has 1 fully saturated rings. The van der Waals surface area contributed by atoms with Gasteiger partial charge in [-0.05, 0) is 37.5 Å². The highest BCUT2D eigenvalue weighted by Crippen LogP contribution is 2.36. The number of carbonyl (C=O) groups is 2. The van der Waals surface area contributed by atoms with E-state index in [0.717, 1.165) is 18.4 Å². The summed E-state index contributed by atoms with van der Waals surface area (Å²) in [5.74, 6) is -0.873. The Balaban J connectivity index is 2.00. The molecule has 1 saturated carbocycles. The summed E-state index contributed by atoms with van der Waals surface area (Å²) < 4.78 is 0. The predicted molar refractivity (Wildman–Crippen MR) is 78.0 cm³/mol. The molecule has 0 saturated heterocycles. The second-order valence-corrected chi connectivity index (χ2v) is 5.93. The molecule has 3 N–H and O–H groups in total. The molecule has 1 aliphatic rings. The Kier molecular flexibility index (Phi) is 4.50. The van der Waals surface area contributed by atoms with Gasteiger partial charge in [0.1, 0.15) is 5.75 Å². The van der Waals surface area contributed by atoms with Crippen LogP contribution in [0.25, 0.3) is 0 Å². The monoisotopic (exact) mass is 291 g/mol. The van der Waals surface area contributed by atoms with Crippen molar-refractivity contribution in [2.24, 2.45) is 5.41 Å². The maximum atomic E-state index is 12.1. The molecule has 2 atom stereocenters. The van der Waals surface area contributed by atoms with Crippen LogP contribution >= 0.6 is 0 Å². The first-order valence-electron chi connectivity index (χ1n) is 7.22. The number of benzene rings is 1. The third-order valence-corrected chi connectivity index (χ3v) is 4.33. The molecule has 1 aromatic carbocycles. The first kappa shape index (κ1) is 15.4. The Hall–Kier alpha value is -2.04. The second-order valence-electron chi connectivity index (χ2n) is 5.93. The van der Waals surface area contributed by atoms with E-state index in [4.69, 9.17) is 0 Å². The molecule has 0 heterocycles. The van der Waals surface area contributed by atoms with Crippen molar-refractivity contribution in [3.63, 3.8) is 0 Å². The van der Waals surface area contributed by atoms with Gasteiger partial charge in [-0.1, -0.05) is 25.0 Å². The quantitative estimate of drug-likeness (QED) is 0.792. The molecule has 21 heavy (non-hydrogen) atoms. The highest BCUT2D eigenvalue weighted by molar-refractivity contribution is 5.81. The van der Waals surface area contributed by atoms with E-state index in [2.05, 4.69) is 5.32 Å². The Morgan fingerprint density at radius 1 is 1.29 bits per heavy atom. The summed E-state index contributed by atoms with van der Waals surface area (Å²) in [4.78, 5) is 23.6. The normalized spacial score (nSPS) is 25.3. The van der Waals surface area contributed by atoms with Crippen molar-refractivity contribution in [3.8, 4) is 5.75 Å². The van der Waals surface area contributed by atoms with Crippen molar-refractivity contribution in [1.29, 1.82) is 0 Å². The number of phenols is 1. The van der Waals surface area contributed by atoms with E-state index in [-0.39, 0.29) is 24.1 Å². The minimum atomic E-state index is -0.886. The maximum Gasteiger partial charge on any atom is 0.311 e. The highest BCUT2D eigenvalue weighted by Gasteiger charge is 2.43. The fourth-order valence-corrected chi connectivity index (χ4v) is 2.87. The predicted octanol–water partition coefficient (Wildman–Crippen LogP) is 2.08. The zero-order chi connectivity index (χ0) is 15.5. The van der Waals surface area contributed by atoms with E-state index in [1.807, 2.05) is 0 Å². The van der Waals surface area contributed by atoms with Gasteiger partial charge in [-0.2, -0.15) is 0 Å². The SMILES string of the molecule is CC1(C(=O)O)CCCCC1NC(=O)Cc1ccc(O)cc1. The Morgan fingerprint density at radius 2 is 1.95 bits per heavy atom. The van der Waals surface area contributed by atoms with Gasteiger partial charge in [-0.3, -0.25) is 9.59 Å². The van der Waals surface area contributed by atoms with Crippen LogP contribution in [-0.4, -0.2) is 28.1 Å². The molecule has 2 rings (SSSR count). The van der Waals surface area contributed by atoms with Crippen LogP contribution in [0.1, 0.15) is 38.2 Å². The van der Waals surface area contributed by atoms with Gasteiger partial charge in [0.2, 0.25) is 5.91 Å². The van der Waals surface area contributed by atoms with E-state index in [9.17, 15) is 19.8 Å². The number of aliphatic carboxylic acids is 1. The zero-order valence-corrected chi connectivity index (χ0v) is 12.1. The minimum absolute atomic E-state index is 0.157. The lowest BCUT2D eigenvalue weighted by Gasteiger charge is -2.38. The number of hydrogen-bond donors (Lipinski definition) is 3. The van der Waals surface area contributed by atoms with Crippen LogP contribution in [0.5, 0.6) is 5.75 Å². The number of hydrogen-bond acceptors (Lipinski definition) is 3. The fraction of sp³-hybridized carbons (Fsp3) is 0.500. The maximum absolute atomic E-state index is 12.1. The van der Waals surface area contributed by atoms with E-state index in [1.165, 1.54) is 12.1 Å². The molecule has 0 spiro atoms. The van der Waals surface area contributed by atoms with Crippen molar-refractivity contribution in [2.75, 3.05) is 0 Å². The van der Waals surface area contributed by atoms with E-state index >= 15 is 0 Å². The molecule has 1 amide bonds. The van der Waals surface area contributed by atoms with Crippen molar-refractivity contribution in [3.05, 3.63) is 29.8 Å². The Morgan fingerprint density at radius 3 is 2.57 bits per heavy atom. The number of carboxylic acid groups (broad SMARTS) is 1. The molecule has 5 heteroatoms. The molecular weight excluding hydrogens is 270 g/mol. The molecule has 1 aliphatic carbocycles. The van der Waals surface area contributed by atoms with Gasteiger partial charge < -0.3 is 15.5 Å². The van der Waals surface area contributed by atoms with Gasteiger partial charge in [0.05, 0.1) is 11.8 Å². The standard InChI is InChI=1S/C16H21NO4/c1-16(15(20)21)9-3-2-4-13(16)17-14(19)10-11-5-7-12(18)8-6-11/h5-8,13,18H,2-4,9-10H2,1H3,(H,17,19)(H,20,21). The minimum Gasteiger partial charge on any atom is -0.508 e. The van der Waals surface area contributed by atoms with Gasteiger partial charge >= 0.3 is 5.97 Å². The second kappa shape index (κ2) is 6.16.